The van der Waals surface area contributed by atoms with Crippen LogP contribution in [0.25, 0.3) is 22.8 Å². The summed E-state index contributed by atoms with van der Waals surface area (Å²) >= 11 is 5.87. The third kappa shape index (κ3) is 2.38. The second-order valence-corrected chi connectivity index (χ2v) is 4.96. The molecular formula is C15H12ClN3O. The van der Waals surface area contributed by atoms with Crippen LogP contribution in [-0.2, 0) is 0 Å². The van der Waals surface area contributed by atoms with Crippen LogP contribution >= 0.6 is 11.6 Å². The van der Waals surface area contributed by atoms with Gasteiger partial charge in [-0.2, -0.15) is 4.98 Å². The number of anilines is 1. The van der Waals surface area contributed by atoms with E-state index in [0.29, 0.717) is 28.0 Å². The summed E-state index contributed by atoms with van der Waals surface area (Å²) in [6.45, 7) is 2.03. The van der Waals surface area contributed by atoms with Gasteiger partial charge in [0.2, 0.25) is 5.82 Å². The molecule has 0 aliphatic rings. The van der Waals surface area contributed by atoms with Crippen LogP contribution in [0.4, 0.5) is 5.69 Å². The Hall–Kier alpha value is -2.33. The van der Waals surface area contributed by atoms with Crippen LogP contribution in [0.3, 0.4) is 0 Å². The second-order valence-electron chi connectivity index (χ2n) is 4.52. The van der Waals surface area contributed by atoms with Crippen LogP contribution < -0.4 is 5.73 Å². The molecule has 5 heteroatoms. The molecule has 2 aromatic carbocycles. The molecule has 0 saturated heterocycles. The summed E-state index contributed by atoms with van der Waals surface area (Å²) in [4.78, 5) is 4.37. The van der Waals surface area contributed by atoms with E-state index in [1.807, 2.05) is 31.2 Å². The molecule has 0 unspecified atom stereocenters. The number of nitrogen functional groups attached to an aromatic ring is 1. The molecule has 0 aliphatic carbocycles. The monoisotopic (exact) mass is 285 g/mol. The predicted molar refractivity (Wildman–Crippen MR) is 79.3 cm³/mol. The first-order valence-electron chi connectivity index (χ1n) is 6.09. The number of aryl methyl sites for hydroxylation is 1. The minimum atomic E-state index is 0.384. The third-order valence-electron chi connectivity index (χ3n) is 2.98. The quantitative estimate of drug-likeness (QED) is 0.724. The van der Waals surface area contributed by atoms with Crippen molar-refractivity contribution < 1.29 is 4.52 Å². The SMILES string of the molecule is Cc1ccc(-c2noc(-c3ccc(Cl)cc3N)n2)cc1. The van der Waals surface area contributed by atoms with E-state index in [4.69, 9.17) is 21.9 Å². The molecule has 100 valence electrons. The highest BCUT2D eigenvalue weighted by Gasteiger charge is 2.13. The fraction of sp³-hybridized carbons (Fsp3) is 0.0667. The van der Waals surface area contributed by atoms with Gasteiger partial charge in [0.1, 0.15) is 0 Å². The molecule has 3 rings (SSSR count). The molecule has 4 nitrogen and oxygen atoms in total. The van der Waals surface area contributed by atoms with Crippen LogP contribution in [0.15, 0.2) is 47.0 Å². The lowest BCUT2D eigenvalue weighted by molar-refractivity contribution is 0.432. The minimum absolute atomic E-state index is 0.384. The van der Waals surface area contributed by atoms with Gasteiger partial charge in [-0.05, 0) is 25.1 Å². The Balaban J connectivity index is 1.99. The first kappa shape index (κ1) is 12.7. The van der Waals surface area contributed by atoms with Crippen LogP contribution in [0.1, 0.15) is 5.56 Å². The Morgan fingerprint density at radius 2 is 1.85 bits per heavy atom. The molecule has 0 amide bonds. The highest BCUT2D eigenvalue weighted by molar-refractivity contribution is 6.31. The van der Waals surface area contributed by atoms with Crippen molar-refractivity contribution in [2.75, 3.05) is 5.73 Å². The van der Waals surface area contributed by atoms with Gasteiger partial charge in [0.05, 0.1) is 5.56 Å². The Labute approximate surface area is 121 Å². The zero-order valence-electron chi connectivity index (χ0n) is 10.8. The number of benzene rings is 2. The van der Waals surface area contributed by atoms with Crippen molar-refractivity contribution in [3.63, 3.8) is 0 Å². The van der Waals surface area contributed by atoms with Crippen LogP contribution in [0.5, 0.6) is 0 Å². The summed E-state index contributed by atoms with van der Waals surface area (Å²) in [5.74, 6) is 0.920. The fourth-order valence-electron chi connectivity index (χ4n) is 1.88. The predicted octanol–water partition coefficient (Wildman–Crippen LogP) is 3.95. The van der Waals surface area contributed by atoms with Crippen molar-refractivity contribution in [1.82, 2.24) is 10.1 Å². The number of aromatic nitrogens is 2. The first-order chi connectivity index (χ1) is 9.63. The number of nitrogens with zero attached hydrogens (tertiary/aromatic N) is 2. The summed E-state index contributed by atoms with van der Waals surface area (Å²) in [6, 6.07) is 13.1. The van der Waals surface area contributed by atoms with Crippen LogP contribution in [0, 0.1) is 6.92 Å². The van der Waals surface area contributed by atoms with Gasteiger partial charge in [0.15, 0.2) is 0 Å². The number of rotatable bonds is 2. The Kier molecular flexibility index (Phi) is 3.16. The molecule has 0 bridgehead atoms. The van der Waals surface area contributed by atoms with E-state index >= 15 is 0 Å². The largest absolute Gasteiger partial charge is 0.398 e. The average Bonchev–Trinajstić information content (AvgIpc) is 2.89. The molecule has 20 heavy (non-hydrogen) atoms. The molecule has 1 heterocycles. The number of hydrogen-bond donors (Lipinski definition) is 1. The topological polar surface area (TPSA) is 64.9 Å². The molecule has 0 radical (unpaired) electrons. The van der Waals surface area contributed by atoms with Gasteiger partial charge >= 0.3 is 0 Å². The lowest BCUT2D eigenvalue weighted by atomic mass is 10.1. The third-order valence-corrected chi connectivity index (χ3v) is 3.21. The van der Waals surface area contributed by atoms with Crippen LogP contribution in [-0.4, -0.2) is 10.1 Å². The molecule has 0 saturated carbocycles. The smallest absolute Gasteiger partial charge is 0.260 e. The Bertz CT molecular complexity index is 750. The van der Waals surface area contributed by atoms with Gasteiger partial charge in [-0.25, -0.2) is 0 Å². The van der Waals surface area contributed by atoms with Crippen molar-refractivity contribution >= 4 is 17.3 Å². The molecular weight excluding hydrogens is 274 g/mol. The maximum absolute atomic E-state index is 5.91. The molecule has 1 aromatic heterocycles. The lowest BCUT2D eigenvalue weighted by Crippen LogP contribution is -1.90. The fourth-order valence-corrected chi connectivity index (χ4v) is 2.06. The summed E-state index contributed by atoms with van der Waals surface area (Å²) in [5.41, 5.74) is 9.18. The number of nitrogens with two attached hydrogens (primary N) is 1. The van der Waals surface area contributed by atoms with Crippen LogP contribution in [0.2, 0.25) is 5.02 Å². The molecule has 3 aromatic rings. The Morgan fingerprint density at radius 3 is 2.55 bits per heavy atom. The van der Waals surface area contributed by atoms with Crippen molar-refractivity contribution in [2.24, 2.45) is 0 Å². The van der Waals surface area contributed by atoms with Gasteiger partial charge in [-0.15, -0.1) is 0 Å². The van der Waals surface area contributed by atoms with Crippen molar-refractivity contribution in [2.45, 2.75) is 6.92 Å². The van der Waals surface area contributed by atoms with Gasteiger partial charge in [-0.3, -0.25) is 0 Å². The summed E-state index contributed by atoms with van der Waals surface area (Å²) in [6.07, 6.45) is 0. The van der Waals surface area contributed by atoms with Gasteiger partial charge < -0.3 is 10.3 Å². The van der Waals surface area contributed by atoms with E-state index in [1.165, 1.54) is 5.56 Å². The van der Waals surface area contributed by atoms with Crippen molar-refractivity contribution in [1.29, 1.82) is 0 Å². The first-order valence-corrected chi connectivity index (χ1v) is 6.47. The summed E-state index contributed by atoms with van der Waals surface area (Å²) in [7, 11) is 0. The van der Waals surface area contributed by atoms with E-state index in [0.717, 1.165) is 5.56 Å². The highest BCUT2D eigenvalue weighted by Crippen LogP contribution is 2.28. The van der Waals surface area contributed by atoms with Crippen molar-refractivity contribution in [3.05, 3.63) is 53.1 Å². The number of halogens is 1. The minimum Gasteiger partial charge on any atom is -0.398 e. The highest BCUT2D eigenvalue weighted by atomic mass is 35.5. The summed E-state index contributed by atoms with van der Waals surface area (Å²) < 4.78 is 5.27. The zero-order valence-corrected chi connectivity index (χ0v) is 11.6. The van der Waals surface area contributed by atoms with E-state index < -0.39 is 0 Å². The summed E-state index contributed by atoms with van der Waals surface area (Å²) in [5, 5.41) is 4.56. The molecule has 0 atom stereocenters. The molecule has 2 N–H and O–H groups in total. The lowest BCUT2D eigenvalue weighted by Gasteiger charge is -2.00. The van der Waals surface area contributed by atoms with E-state index in [9.17, 15) is 0 Å². The average molecular weight is 286 g/mol. The van der Waals surface area contributed by atoms with Gasteiger partial charge in [0, 0.05) is 16.3 Å². The van der Waals surface area contributed by atoms with E-state index in [1.54, 1.807) is 18.2 Å². The van der Waals surface area contributed by atoms with E-state index in [-0.39, 0.29) is 0 Å². The maximum Gasteiger partial charge on any atom is 0.260 e. The van der Waals surface area contributed by atoms with Gasteiger partial charge in [0.25, 0.3) is 5.89 Å². The van der Waals surface area contributed by atoms with Gasteiger partial charge in [-0.1, -0.05) is 46.6 Å². The number of hydrogen-bond acceptors (Lipinski definition) is 4. The van der Waals surface area contributed by atoms with Crippen molar-refractivity contribution in [3.8, 4) is 22.8 Å². The normalized spacial score (nSPS) is 10.7. The van der Waals surface area contributed by atoms with E-state index in [2.05, 4.69) is 10.1 Å². The Morgan fingerprint density at radius 1 is 1.10 bits per heavy atom. The zero-order chi connectivity index (χ0) is 14.1. The second kappa shape index (κ2) is 4.98. The molecule has 0 aliphatic heterocycles. The molecule has 0 spiro atoms. The molecule has 0 fully saturated rings. The maximum atomic E-state index is 5.91. The standard InChI is InChI=1S/C15H12ClN3O/c1-9-2-4-10(5-3-9)14-18-15(20-19-14)12-7-6-11(16)8-13(12)17/h2-8H,17H2,1H3.